The van der Waals surface area contributed by atoms with Crippen LogP contribution in [0.4, 0.5) is 5.69 Å². The molecule has 0 saturated carbocycles. The molecule has 6 nitrogen and oxygen atoms in total. The van der Waals surface area contributed by atoms with Crippen molar-refractivity contribution in [2.45, 2.75) is 18.9 Å². The van der Waals surface area contributed by atoms with Gasteiger partial charge in [0.1, 0.15) is 0 Å². The molecule has 130 valence electrons. The number of hydrogen-bond acceptors (Lipinski definition) is 5. The standard InChI is InChI=1S/C14H20N4O2S.2ClH/c19-13(18-11-1-4-15-5-2-11)3-6-17-14(20)9-12-10-21-8-7-16-12;;/h1-2,4-5,12,16H,3,6-10H2,(H,17,20)(H,15,18,19);2*1H. The van der Waals surface area contributed by atoms with Crippen molar-refractivity contribution in [1.82, 2.24) is 15.6 Å². The fourth-order valence-corrected chi connectivity index (χ4v) is 2.97. The van der Waals surface area contributed by atoms with Gasteiger partial charge in [-0.05, 0) is 12.1 Å². The Morgan fingerprint density at radius 1 is 1.26 bits per heavy atom. The van der Waals surface area contributed by atoms with E-state index < -0.39 is 0 Å². The Balaban J connectivity index is 0.00000242. The Bertz CT molecular complexity index is 473. The third kappa shape index (κ3) is 9.00. The first-order valence-corrected chi connectivity index (χ1v) is 8.17. The molecule has 0 radical (unpaired) electrons. The number of nitrogens with zero attached hydrogens (tertiary/aromatic N) is 1. The zero-order chi connectivity index (χ0) is 14.9. The maximum Gasteiger partial charge on any atom is 0.226 e. The smallest absolute Gasteiger partial charge is 0.226 e. The van der Waals surface area contributed by atoms with Crippen LogP contribution in [0.15, 0.2) is 24.5 Å². The highest BCUT2D eigenvalue weighted by atomic mass is 35.5. The molecule has 1 aliphatic heterocycles. The van der Waals surface area contributed by atoms with Crippen LogP contribution in [0.25, 0.3) is 0 Å². The van der Waals surface area contributed by atoms with Crippen LogP contribution in [0, 0.1) is 0 Å². The van der Waals surface area contributed by atoms with E-state index in [0.29, 0.717) is 18.7 Å². The minimum absolute atomic E-state index is 0. The van der Waals surface area contributed by atoms with Gasteiger partial charge >= 0.3 is 0 Å². The molecule has 1 aliphatic rings. The normalized spacial score (nSPS) is 16.4. The minimum atomic E-state index is -0.118. The molecule has 23 heavy (non-hydrogen) atoms. The van der Waals surface area contributed by atoms with Crippen molar-refractivity contribution in [3.05, 3.63) is 24.5 Å². The van der Waals surface area contributed by atoms with Crippen molar-refractivity contribution in [2.24, 2.45) is 0 Å². The molecule has 0 aliphatic carbocycles. The third-order valence-corrected chi connectivity index (χ3v) is 4.20. The van der Waals surface area contributed by atoms with Crippen LogP contribution in [-0.2, 0) is 9.59 Å². The predicted molar refractivity (Wildman–Crippen MR) is 98.7 cm³/mol. The molecule has 1 unspecified atom stereocenters. The van der Waals surface area contributed by atoms with Gasteiger partial charge in [-0.25, -0.2) is 0 Å². The maximum atomic E-state index is 11.8. The van der Waals surface area contributed by atoms with E-state index in [1.54, 1.807) is 24.5 Å². The van der Waals surface area contributed by atoms with E-state index in [1.807, 2.05) is 11.8 Å². The molecule has 0 aromatic carbocycles. The quantitative estimate of drug-likeness (QED) is 0.695. The van der Waals surface area contributed by atoms with Gasteiger partial charge in [0.2, 0.25) is 11.8 Å². The first-order chi connectivity index (χ1) is 10.2. The minimum Gasteiger partial charge on any atom is -0.356 e. The number of aromatic nitrogens is 1. The second kappa shape index (κ2) is 12.4. The van der Waals surface area contributed by atoms with Crippen LogP contribution < -0.4 is 16.0 Å². The van der Waals surface area contributed by atoms with E-state index in [0.717, 1.165) is 18.1 Å². The highest BCUT2D eigenvalue weighted by Gasteiger charge is 2.16. The number of anilines is 1. The molecule has 1 fully saturated rings. The Labute approximate surface area is 152 Å². The van der Waals surface area contributed by atoms with Crippen LogP contribution in [-0.4, -0.2) is 47.4 Å². The van der Waals surface area contributed by atoms with Gasteiger partial charge in [0.25, 0.3) is 0 Å². The largest absolute Gasteiger partial charge is 0.356 e. The van der Waals surface area contributed by atoms with Crippen molar-refractivity contribution < 1.29 is 9.59 Å². The monoisotopic (exact) mass is 380 g/mol. The summed E-state index contributed by atoms with van der Waals surface area (Å²) in [6.07, 6.45) is 3.97. The van der Waals surface area contributed by atoms with E-state index >= 15 is 0 Å². The summed E-state index contributed by atoms with van der Waals surface area (Å²) in [5.74, 6) is 1.95. The van der Waals surface area contributed by atoms with Crippen LogP contribution in [0.2, 0.25) is 0 Å². The molecule has 2 rings (SSSR count). The molecule has 2 amide bonds. The summed E-state index contributed by atoms with van der Waals surface area (Å²) in [6.45, 7) is 1.31. The van der Waals surface area contributed by atoms with Gasteiger partial charge in [0.15, 0.2) is 0 Å². The first-order valence-electron chi connectivity index (χ1n) is 7.02. The lowest BCUT2D eigenvalue weighted by Gasteiger charge is -2.22. The topological polar surface area (TPSA) is 83.1 Å². The second-order valence-corrected chi connectivity index (χ2v) is 5.96. The molecule has 9 heteroatoms. The van der Waals surface area contributed by atoms with E-state index in [-0.39, 0.29) is 49.1 Å². The van der Waals surface area contributed by atoms with E-state index in [4.69, 9.17) is 0 Å². The summed E-state index contributed by atoms with van der Waals surface area (Å²) in [7, 11) is 0. The Kier molecular flexibility index (Phi) is 11.9. The molecule has 0 bridgehead atoms. The second-order valence-electron chi connectivity index (χ2n) is 4.81. The van der Waals surface area contributed by atoms with Crippen LogP contribution in [0.5, 0.6) is 0 Å². The van der Waals surface area contributed by atoms with Crippen LogP contribution in [0.3, 0.4) is 0 Å². The molecule has 1 aromatic rings. The van der Waals surface area contributed by atoms with E-state index in [9.17, 15) is 9.59 Å². The number of carbonyl (C=O) groups excluding carboxylic acids is 2. The average Bonchev–Trinajstić information content (AvgIpc) is 2.49. The molecular formula is C14H22Cl2N4O2S. The van der Waals surface area contributed by atoms with Crippen molar-refractivity contribution in [3.8, 4) is 0 Å². The van der Waals surface area contributed by atoms with Gasteiger partial charge in [-0.2, -0.15) is 11.8 Å². The lowest BCUT2D eigenvalue weighted by molar-refractivity contribution is -0.121. The van der Waals surface area contributed by atoms with Crippen LogP contribution in [0.1, 0.15) is 12.8 Å². The number of thioether (sulfide) groups is 1. The molecule has 0 spiro atoms. The van der Waals surface area contributed by atoms with Gasteiger partial charge in [0, 0.05) is 61.6 Å². The van der Waals surface area contributed by atoms with E-state index in [1.165, 1.54) is 0 Å². The summed E-state index contributed by atoms with van der Waals surface area (Å²) < 4.78 is 0. The maximum absolute atomic E-state index is 11.8. The Hall–Kier alpha value is -1.02. The summed E-state index contributed by atoms with van der Waals surface area (Å²) in [4.78, 5) is 27.3. The van der Waals surface area contributed by atoms with Gasteiger partial charge in [-0.3, -0.25) is 14.6 Å². The molecular weight excluding hydrogens is 359 g/mol. The number of nitrogens with one attached hydrogen (secondary N) is 3. The van der Waals surface area contributed by atoms with Crippen molar-refractivity contribution >= 4 is 54.1 Å². The lowest BCUT2D eigenvalue weighted by Crippen LogP contribution is -2.41. The highest BCUT2D eigenvalue weighted by Crippen LogP contribution is 2.10. The molecule has 3 N–H and O–H groups in total. The van der Waals surface area contributed by atoms with Gasteiger partial charge in [0.05, 0.1) is 0 Å². The zero-order valence-electron chi connectivity index (χ0n) is 12.6. The summed E-state index contributed by atoms with van der Waals surface area (Å²) >= 11 is 1.86. The number of hydrogen-bond donors (Lipinski definition) is 3. The van der Waals surface area contributed by atoms with Gasteiger partial charge in [-0.1, -0.05) is 0 Å². The number of carbonyl (C=O) groups is 2. The number of halogens is 2. The summed E-state index contributed by atoms with van der Waals surface area (Å²) in [5.41, 5.74) is 0.713. The fraction of sp³-hybridized carbons (Fsp3) is 0.500. The highest BCUT2D eigenvalue weighted by molar-refractivity contribution is 7.99. The van der Waals surface area contributed by atoms with Crippen molar-refractivity contribution in [1.29, 1.82) is 0 Å². The SMILES string of the molecule is Cl.Cl.O=C(CC1CSCCN1)NCCC(=O)Nc1ccncc1. The molecule has 1 aromatic heterocycles. The fourth-order valence-electron chi connectivity index (χ4n) is 2.02. The van der Waals surface area contributed by atoms with Crippen molar-refractivity contribution in [2.75, 3.05) is 29.9 Å². The van der Waals surface area contributed by atoms with E-state index in [2.05, 4.69) is 20.9 Å². The summed E-state index contributed by atoms with van der Waals surface area (Å²) in [6, 6.07) is 3.69. The predicted octanol–water partition coefficient (Wildman–Crippen LogP) is 1.47. The summed E-state index contributed by atoms with van der Waals surface area (Å²) in [5, 5.41) is 8.85. The molecule has 1 saturated heterocycles. The van der Waals surface area contributed by atoms with Crippen LogP contribution >= 0.6 is 36.6 Å². The Morgan fingerprint density at radius 3 is 2.65 bits per heavy atom. The first kappa shape index (κ1) is 22.0. The molecule has 2 heterocycles. The Morgan fingerprint density at radius 2 is 2.00 bits per heavy atom. The zero-order valence-corrected chi connectivity index (χ0v) is 15.1. The van der Waals surface area contributed by atoms with Crippen molar-refractivity contribution in [3.63, 3.8) is 0 Å². The van der Waals surface area contributed by atoms with Gasteiger partial charge in [-0.15, -0.1) is 24.8 Å². The third-order valence-electron chi connectivity index (χ3n) is 3.07. The lowest BCUT2D eigenvalue weighted by atomic mass is 10.2. The number of amides is 2. The number of rotatable bonds is 6. The molecule has 1 atom stereocenters. The average molecular weight is 381 g/mol. The van der Waals surface area contributed by atoms with Gasteiger partial charge < -0.3 is 16.0 Å². The number of pyridine rings is 1.